The van der Waals surface area contributed by atoms with Crippen molar-refractivity contribution in [2.24, 2.45) is 0 Å². The minimum atomic E-state index is -1.24. The van der Waals surface area contributed by atoms with Crippen LogP contribution in [0.4, 0.5) is 0 Å². The Balaban J connectivity index is 2.73. The van der Waals surface area contributed by atoms with Gasteiger partial charge < -0.3 is 15.2 Å². The zero-order valence-electron chi connectivity index (χ0n) is 12.4. The van der Waals surface area contributed by atoms with Crippen molar-refractivity contribution in [1.29, 1.82) is 0 Å². The molecule has 0 radical (unpaired) electrons. The number of hydrogen-bond acceptors (Lipinski definition) is 4. The summed E-state index contributed by atoms with van der Waals surface area (Å²) in [5, 5.41) is 11.2. The highest BCUT2D eigenvalue weighted by Gasteiger charge is 2.23. The number of carbonyl (C=O) groups excluding carboxylic acids is 2. The summed E-state index contributed by atoms with van der Waals surface area (Å²) in [6.07, 6.45) is -0.106. The maximum absolute atomic E-state index is 11.9. The van der Waals surface area contributed by atoms with E-state index < -0.39 is 23.9 Å². The summed E-state index contributed by atoms with van der Waals surface area (Å²) in [7, 11) is 0. The lowest BCUT2D eigenvalue weighted by atomic mass is 10.1. The highest BCUT2D eigenvalue weighted by Crippen LogP contribution is 2.06. The van der Waals surface area contributed by atoms with Crippen LogP contribution in [0.25, 0.3) is 0 Å². The monoisotopic (exact) mass is 305 g/mol. The molecule has 118 valence electrons. The van der Waals surface area contributed by atoms with Gasteiger partial charge in [0.25, 0.3) is 0 Å². The predicted octanol–water partition coefficient (Wildman–Crippen LogP) is 1.31. The van der Waals surface area contributed by atoms with Gasteiger partial charge in [0.1, 0.15) is 6.04 Å². The number of rotatable bonds is 8. The maximum atomic E-state index is 11.9. The molecule has 0 aliphatic rings. The molecule has 0 aliphatic heterocycles. The van der Waals surface area contributed by atoms with Gasteiger partial charge in [-0.25, -0.2) is 9.59 Å². The number of carboxylic acids is 1. The van der Waals surface area contributed by atoms with E-state index in [-0.39, 0.29) is 25.0 Å². The van der Waals surface area contributed by atoms with E-state index in [9.17, 15) is 14.4 Å². The fourth-order valence-electron chi connectivity index (χ4n) is 1.80. The SMILES string of the molecule is C=C(CC(=O)NC(Cc1ccccc1)C(=O)OCC)C(=O)O. The van der Waals surface area contributed by atoms with Gasteiger partial charge in [0, 0.05) is 12.0 Å². The molecular weight excluding hydrogens is 286 g/mol. The van der Waals surface area contributed by atoms with Crippen LogP contribution < -0.4 is 5.32 Å². The van der Waals surface area contributed by atoms with Crippen molar-refractivity contribution in [3.05, 3.63) is 48.0 Å². The first-order valence-electron chi connectivity index (χ1n) is 6.85. The van der Waals surface area contributed by atoms with Gasteiger partial charge >= 0.3 is 11.9 Å². The van der Waals surface area contributed by atoms with Gasteiger partial charge in [-0.2, -0.15) is 0 Å². The van der Waals surface area contributed by atoms with Crippen LogP contribution in [0.15, 0.2) is 42.5 Å². The van der Waals surface area contributed by atoms with E-state index in [4.69, 9.17) is 9.84 Å². The molecular formula is C16H19NO5. The number of amides is 1. The zero-order chi connectivity index (χ0) is 16.5. The molecule has 2 N–H and O–H groups in total. The van der Waals surface area contributed by atoms with Crippen molar-refractivity contribution in [1.82, 2.24) is 5.32 Å². The molecule has 1 atom stereocenters. The second-order valence-corrected chi connectivity index (χ2v) is 4.65. The van der Waals surface area contributed by atoms with Crippen LogP contribution in [0.5, 0.6) is 0 Å². The Bertz CT molecular complexity index is 553. The molecule has 0 fully saturated rings. The Morgan fingerprint density at radius 1 is 1.27 bits per heavy atom. The lowest BCUT2D eigenvalue weighted by molar-refractivity contribution is -0.147. The fraction of sp³-hybridized carbons (Fsp3) is 0.312. The highest BCUT2D eigenvalue weighted by atomic mass is 16.5. The minimum absolute atomic E-state index is 0.196. The zero-order valence-corrected chi connectivity index (χ0v) is 12.4. The number of carbonyl (C=O) groups is 3. The molecule has 0 heterocycles. The molecule has 1 amide bonds. The van der Waals surface area contributed by atoms with Crippen LogP contribution in [0.2, 0.25) is 0 Å². The Kier molecular flexibility index (Phi) is 6.82. The Hall–Kier alpha value is -2.63. The van der Waals surface area contributed by atoms with Crippen molar-refractivity contribution in [2.75, 3.05) is 6.61 Å². The number of hydrogen-bond donors (Lipinski definition) is 2. The normalized spacial score (nSPS) is 11.3. The average molecular weight is 305 g/mol. The molecule has 0 aromatic heterocycles. The van der Waals surface area contributed by atoms with Gasteiger partial charge in [0.2, 0.25) is 5.91 Å². The van der Waals surface area contributed by atoms with Crippen molar-refractivity contribution in [3.63, 3.8) is 0 Å². The van der Waals surface area contributed by atoms with Gasteiger partial charge in [0.15, 0.2) is 0 Å². The van der Waals surface area contributed by atoms with Gasteiger partial charge in [-0.1, -0.05) is 36.9 Å². The number of nitrogens with one attached hydrogen (secondary N) is 1. The quantitative estimate of drug-likeness (QED) is 0.558. The summed E-state index contributed by atoms with van der Waals surface area (Å²) in [5.74, 6) is -2.38. The number of ether oxygens (including phenoxy) is 1. The fourth-order valence-corrected chi connectivity index (χ4v) is 1.80. The van der Waals surface area contributed by atoms with E-state index in [0.717, 1.165) is 5.56 Å². The summed E-state index contributed by atoms with van der Waals surface area (Å²) in [6.45, 7) is 5.16. The lowest BCUT2D eigenvalue weighted by Crippen LogP contribution is -2.43. The number of carboxylic acid groups (broad SMARTS) is 1. The van der Waals surface area contributed by atoms with Gasteiger partial charge in [-0.15, -0.1) is 0 Å². The second-order valence-electron chi connectivity index (χ2n) is 4.65. The largest absolute Gasteiger partial charge is 0.478 e. The first-order valence-corrected chi connectivity index (χ1v) is 6.85. The second kappa shape index (κ2) is 8.61. The summed E-state index contributed by atoms with van der Waals surface area (Å²) >= 11 is 0. The van der Waals surface area contributed by atoms with Crippen molar-refractivity contribution in [2.45, 2.75) is 25.8 Å². The van der Waals surface area contributed by atoms with Gasteiger partial charge in [0.05, 0.1) is 13.0 Å². The smallest absolute Gasteiger partial charge is 0.331 e. The van der Waals surface area contributed by atoms with Crippen LogP contribution in [-0.4, -0.2) is 35.6 Å². The Labute approximate surface area is 128 Å². The minimum Gasteiger partial charge on any atom is -0.478 e. The number of esters is 1. The molecule has 1 unspecified atom stereocenters. The third kappa shape index (κ3) is 5.78. The van der Waals surface area contributed by atoms with Crippen molar-refractivity contribution in [3.8, 4) is 0 Å². The molecule has 0 saturated heterocycles. The highest BCUT2D eigenvalue weighted by molar-refractivity contribution is 5.94. The first kappa shape index (κ1) is 17.4. The van der Waals surface area contributed by atoms with E-state index in [2.05, 4.69) is 11.9 Å². The van der Waals surface area contributed by atoms with Crippen molar-refractivity contribution >= 4 is 17.8 Å². The molecule has 0 bridgehead atoms. The standard InChI is InChI=1S/C16H19NO5/c1-3-22-16(21)13(10-12-7-5-4-6-8-12)17-14(18)9-11(2)15(19)20/h4-8,13H,2-3,9-10H2,1H3,(H,17,18)(H,19,20). The van der Waals surface area contributed by atoms with Crippen LogP contribution in [0, 0.1) is 0 Å². The molecule has 0 spiro atoms. The summed E-state index contributed by atoms with van der Waals surface area (Å²) in [6, 6.07) is 8.29. The van der Waals surface area contributed by atoms with Crippen LogP contribution in [0.1, 0.15) is 18.9 Å². The van der Waals surface area contributed by atoms with Crippen LogP contribution in [0.3, 0.4) is 0 Å². The van der Waals surface area contributed by atoms with E-state index in [1.165, 1.54) is 0 Å². The summed E-state index contributed by atoms with van der Waals surface area (Å²) < 4.78 is 4.94. The van der Waals surface area contributed by atoms with E-state index in [1.807, 2.05) is 30.3 Å². The Morgan fingerprint density at radius 3 is 2.45 bits per heavy atom. The first-order chi connectivity index (χ1) is 10.4. The number of aliphatic carboxylic acids is 1. The number of benzene rings is 1. The molecule has 22 heavy (non-hydrogen) atoms. The summed E-state index contributed by atoms with van der Waals surface area (Å²) in [4.78, 5) is 34.4. The molecule has 1 aromatic rings. The molecule has 6 nitrogen and oxygen atoms in total. The van der Waals surface area contributed by atoms with E-state index in [1.54, 1.807) is 6.92 Å². The molecule has 0 saturated carbocycles. The molecule has 6 heteroatoms. The van der Waals surface area contributed by atoms with Gasteiger partial charge in [-0.3, -0.25) is 4.79 Å². The maximum Gasteiger partial charge on any atom is 0.331 e. The summed E-state index contributed by atoms with van der Waals surface area (Å²) in [5.41, 5.74) is 0.623. The Morgan fingerprint density at radius 2 is 1.91 bits per heavy atom. The third-order valence-corrected chi connectivity index (χ3v) is 2.87. The molecule has 1 rings (SSSR count). The molecule has 0 aliphatic carbocycles. The van der Waals surface area contributed by atoms with E-state index in [0.29, 0.717) is 0 Å². The van der Waals surface area contributed by atoms with Crippen LogP contribution in [-0.2, 0) is 25.5 Å². The predicted molar refractivity (Wildman–Crippen MR) is 80.1 cm³/mol. The average Bonchev–Trinajstić information content (AvgIpc) is 2.47. The van der Waals surface area contributed by atoms with Crippen LogP contribution >= 0.6 is 0 Å². The topological polar surface area (TPSA) is 92.7 Å². The van der Waals surface area contributed by atoms with E-state index >= 15 is 0 Å². The molecule has 1 aromatic carbocycles. The van der Waals surface area contributed by atoms with Gasteiger partial charge in [-0.05, 0) is 12.5 Å². The van der Waals surface area contributed by atoms with Crippen molar-refractivity contribution < 1.29 is 24.2 Å². The third-order valence-electron chi connectivity index (χ3n) is 2.87. The lowest BCUT2D eigenvalue weighted by Gasteiger charge is -2.17.